The molecule has 2 rings (SSSR count). The van der Waals surface area contributed by atoms with E-state index in [9.17, 15) is 4.79 Å². The quantitative estimate of drug-likeness (QED) is 0.881. The Morgan fingerprint density at radius 3 is 2.52 bits per heavy atom. The van der Waals surface area contributed by atoms with Gasteiger partial charge in [-0.05, 0) is 17.9 Å². The van der Waals surface area contributed by atoms with Gasteiger partial charge in [-0.1, -0.05) is 68.9 Å². The van der Waals surface area contributed by atoms with Gasteiger partial charge < -0.3 is 0 Å². The molecule has 0 saturated carbocycles. The van der Waals surface area contributed by atoms with Crippen molar-refractivity contribution >= 4 is 22.4 Å². The molecule has 0 saturated heterocycles. The molecule has 0 spiro atoms. The number of aryl methyl sites for hydroxylation is 1. The molecule has 1 heterocycles. The van der Waals surface area contributed by atoms with E-state index in [0.29, 0.717) is 5.13 Å². The number of nitrogens with zero attached hydrogens (tertiary/aromatic N) is 2. The van der Waals surface area contributed by atoms with Gasteiger partial charge in [0.1, 0.15) is 5.01 Å². The van der Waals surface area contributed by atoms with Gasteiger partial charge in [-0.2, -0.15) is 0 Å². The predicted octanol–water partition coefficient (Wildman–Crippen LogP) is 3.87. The third kappa shape index (κ3) is 3.88. The van der Waals surface area contributed by atoms with Crippen LogP contribution >= 0.6 is 11.3 Å². The zero-order valence-corrected chi connectivity index (χ0v) is 13.5. The number of rotatable bonds is 6. The molecule has 0 bridgehead atoms. The van der Waals surface area contributed by atoms with Crippen LogP contribution in [0.2, 0.25) is 0 Å². The molecule has 1 aromatic heterocycles. The molecule has 2 atom stereocenters. The summed E-state index contributed by atoms with van der Waals surface area (Å²) in [5.41, 5.74) is 1.05. The fourth-order valence-corrected chi connectivity index (χ4v) is 2.95. The van der Waals surface area contributed by atoms with Gasteiger partial charge in [-0.15, -0.1) is 10.2 Å². The normalized spacial score (nSPS) is 13.7. The summed E-state index contributed by atoms with van der Waals surface area (Å²) in [6, 6.07) is 9.92. The smallest absolute Gasteiger partial charge is 0.234 e. The highest BCUT2D eigenvalue weighted by atomic mass is 32.1. The second kappa shape index (κ2) is 7.31. The number of hydrogen-bond acceptors (Lipinski definition) is 4. The molecule has 1 amide bonds. The van der Waals surface area contributed by atoms with Crippen molar-refractivity contribution in [2.45, 2.75) is 39.5 Å². The largest absolute Gasteiger partial charge is 0.300 e. The minimum absolute atomic E-state index is 0.00523. The molecule has 0 aliphatic rings. The highest BCUT2D eigenvalue weighted by Gasteiger charge is 2.26. The first-order valence-corrected chi connectivity index (χ1v) is 8.15. The van der Waals surface area contributed by atoms with Crippen molar-refractivity contribution in [2.75, 3.05) is 5.32 Å². The fraction of sp³-hybridized carbons (Fsp3) is 0.438. The van der Waals surface area contributed by atoms with E-state index in [-0.39, 0.29) is 17.7 Å². The van der Waals surface area contributed by atoms with Crippen LogP contribution < -0.4 is 5.32 Å². The maximum atomic E-state index is 12.6. The van der Waals surface area contributed by atoms with E-state index in [4.69, 9.17) is 0 Å². The summed E-state index contributed by atoms with van der Waals surface area (Å²) >= 11 is 1.44. The van der Waals surface area contributed by atoms with Gasteiger partial charge in [0.15, 0.2) is 0 Å². The molecule has 0 radical (unpaired) electrons. The minimum atomic E-state index is -0.162. The molecule has 5 heteroatoms. The molecular weight excluding hydrogens is 282 g/mol. The van der Waals surface area contributed by atoms with Gasteiger partial charge in [0.05, 0.1) is 5.92 Å². The molecule has 2 unspecified atom stereocenters. The summed E-state index contributed by atoms with van der Waals surface area (Å²) in [5.74, 6) is 0.102. The topological polar surface area (TPSA) is 54.9 Å². The maximum absolute atomic E-state index is 12.6. The van der Waals surface area contributed by atoms with Gasteiger partial charge in [0, 0.05) is 0 Å². The average molecular weight is 303 g/mol. The lowest BCUT2D eigenvalue weighted by atomic mass is 9.85. The number of nitrogens with one attached hydrogen (secondary N) is 1. The van der Waals surface area contributed by atoms with Crippen molar-refractivity contribution in [1.82, 2.24) is 10.2 Å². The predicted molar refractivity (Wildman–Crippen MR) is 86.6 cm³/mol. The van der Waals surface area contributed by atoms with E-state index in [0.717, 1.165) is 23.4 Å². The molecule has 0 aliphatic heterocycles. The Morgan fingerprint density at radius 2 is 1.95 bits per heavy atom. The zero-order valence-electron chi connectivity index (χ0n) is 12.7. The monoisotopic (exact) mass is 303 g/mol. The SMILES string of the molecule is CCc1nnc(NC(=O)C(c2ccccc2)C(C)CC)s1. The van der Waals surface area contributed by atoms with Crippen LogP contribution in [-0.4, -0.2) is 16.1 Å². The van der Waals surface area contributed by atoms with Crippen LogP contribution in [0.4, 0.5) is 5.13 Å². The second-order valence-corrected chi connectivity index (χ2v) is 6.18. The van der Waals surface area contributed by atoms with Crippen LogP contribution in [0.25, 0.3) is 0 Å². The Balaban J connectivity index is 2.18. The Bertz CT molecular complexity index is 582. The Labute approximate surface area is 129 Å². The summed E-state index contributed by atoms with van der Waals surface area (Å²) in [4.78, 5) is 12.6. The number of carbonyl (C=O) groups excluding carboxylic acids is 1. The van der Waals surface area contributed by atoms with E-state index in [2.05, 4.69) is 29.4 Å². The van der Waals surface area contributed by atoms with E-state index < -0.39 is 0 Å². The van der Waals surface area contributed by atoms with E-state index in [1.54, 1.807) is 0 Å². The highest BCUT2D eigenvalue weighted by molar-refractivity contribution is 7.15. The second-order valence-electron chi connectivity index (χ2n) is 5.12. The average Bonchev–Trinajstić information content (AvgIpc) is 2.96. The van der Waals surface area contributed by atoms with Crippen molar-refractivity contribution in [3.8, 4) is 0 Å². The molecule has 0 fully saturated rings. The Hall–Kier alpha value is -1.75. The third-order valence-electron chi connectivity index (χ3n) is 3.65. The van der Waals surface area contributed by atoms with Gasteiger partial charge in [0.25, 0.3) is 0 Å². The third-order valence-corrected chi connectivity index (χ3v) is 4.64. The molecular formula is C16H21N3OS. The van der Waals surface area contributed by atoms with Gasteiger partial charge in [0.2, 0.25) is 11.0 Å². The number of anilines is 1. The summed E-state index contributed by atoms with van der Waals surface area (Å²) in [6.45, 7) is 6.24. The van der Waals surface area contributed by atoms with E-state index >= 15 is 0 Å². The van der Waals surface area contributed by atoms with E-state index in [1.165, 1.54) is 11.3 Å². The summed E-state index contributed by atoms with van der Waals surface area (Å²) < 4.78 is 0. The van der Waals surface area contributed by atoms with Crippen molar-refractivity contribution in [3.63, 3.8) is 0 Å². The van der Waals surface area contributed by atoms with Crippen LogP contribution in [0.5, 0.6) is 0 Å². The molecule has 1 N–H and O–H groups in total. The number of aromatic nitrogens is 2. The van der Waals surface area contributed by atoms with Crippen LogP contribution in [-0.2, 0) is 11.2 Å². The first-order chi connectivity index (χ1) is 10.2. The molecule has 112 valence electrons. The first-order valence-electron chi connectivity index (χ1n) is 7.33. The molecule has 1 aromatic carbocycles. The first kappa shape index (κ1) is 15.6. The number of carbonyl (C=O) groups is 1. The van der Waals surface area contributed by atoms with E-state index in [1.807, 2.05) is 37.3 Å². The zero-order chi connectivity index (χ0) is 15.2. The van der Waals surface area contributed by atoms with Gasteiger partial charge in [-0.25, -0.2) is 0 Å². The lowest BCUT2D eigenvalue weighted by Crippen LogP contribution is -2.26. The maximum Gasteiger partial charge on any atom is 0.234 e. The number of benzene rings is 1. The van der Waals surface area contributed by atoms with Crippen LogP contribution in [0.15, 0.2) is 30.3 Å². The molecule has 0 aliphatic carbocycles. The lowest BCUT2D eigenvalue weighted by molar-refractivity contribution is -0.118. The molecule has 2 aromatic rings. The van der Waals surface area contributed by atoms with Crippen LogP contribution in [0, 0.1) is 5.92 Å². The minimum Gasteiger partial charge on any atom is -0.300 e. The highest BCUT2D eigenvalue weighted by Crippen LogP contribution is 2.29. The van der Waals surface area contributed by atoms with Gasteiger partial charge >= 0.3 is 0 Å². The molecule has 4 nitrogen and oxygen atoms in total. The van der Waals surface area contributed by atoms with Crippen LogP contribution in [0.3, 0.4) is 0 Å². The summed E-state index contributed by atoms with van der Waals surface area (Å²) in [7, 11) is 0. The standard InChI is InChI=1S/C16H21N3OS/c1-4-11(3)14(12-9-7-6-8-10-12)15(20)17-16-19-18-13(5-2)21-16/h6-11,14H,4-5H2,1-3H3,(H,17,19,20). The molecule has 21 heavy (non-hydrogen) atoms. The number of amides is 1. The number of hydrogen-bond donors (Lipinski definition) is 1. The van der Waals surface area contributed by atoms with Crippen molar-refractivity contribution in [2.24, 2.45) is 5.92 Å². The van der Waals surface area contributed by atoms with Crippen molar-refractivity contribution < 1.29 is 4.79 Å². The van der Waals surface area contributed by atoms with Gasteiger partial charge in [-0.3, -0.25) is 10.1 Å². The van der Waals surface area contributed by atoms with Crippen LogP contribution in [0.1, 0.15) is 43.7 Å². The Kier molecular flexibility index (Phi) is 5.44. The fourth-order valence-electron chi connectivity index (χ4n) is 2.26. The summed E-state index contributed by atoms with van der Waals surface area (Å²) in [6.07, 6.45) is 1.78. The van der Waals surface area contributed by atoms with Crippen molar-refractivity contribution in [3.05, 3.63) is 40.9 Å². The summed E-state index contributed by atoms with van der Waals surface area (Å²) in [5, 5.41) is 12.5. The lowest BCUT2D eigenvalue weighted by Gasteiger charge is -2.22. The Morgan fingerprint density at radius 1 is 1.24 bits per heavy atom. The van der Waals surface area contributed by atoms with Crippen molar-refractivity contribution in [1.29, 1.82) is 0 Å².